The molecule has 5 aliphatic rings. The van der Waals surface area contributed by atoms with E-state index in [-0.39, 0.29) is 30.0 Å². The van der Waals surface area contributed by atoms with E-state index in [0.717, 1.165) is 36.1 Å². The van der Waals surface area contributed by atoms with Crippen molar-refractivity contribution in [2.24, 2.45) is 16.7 Å². The van der Waals surface area contributed by atoms with E-state index in [0.29, 0.717) is 40.7 Å². The molecule has 3 aliphatic heterocycles. The molecule has 2 aromatic carbocycles. The number of hydrogen-bond acceptors (Lipinski definition) is 11. The van der Waals surface area contributed by atoms with Gasteiger partial charge in [-0.1, -0.05) is 26.8 Å². The molecule has 45 heavy (non-hydrogen) atoms. The van der Waals surface area contributed by atoms with Crippen molar-refractivity contribution in [2.45, 2.75) is 57.4 Å². The number of benzene rings is 2. The number of esters is 1. The molecule has 2 saturated carbocycles. The Hall–Kier alpha value is -3.55. The average molecular weight is 646 g/mol. The first-order valence-corrected chi connectivity index (χ1v) is 16.4. The minimum absolute atomic E-state index is 0.160. The first kappa shape index (κ1) is 31.4. The topological polar surface area (TPSA) is 147 Å². The van der Waals surface area contributed by atoms with Crippen LogP contribution in [-0.2, 0) is 26.1 Å². The van der Waals surface area contributed by atoms with E-state index >= 15 is 0 Å². The molecule has 12 nitrogen and oxygen atoms in total. The fourth-order valence-electron chi connectivity index (χ4n) is 8.06. The van der Waals surface area contributed by atoms with E-state index in [1.54, 1.807) is 20.3 Å². The maximum absolute atomic E-state index is 12.9. The fraction of sp³-hybridized carbons (Fsp3) is 0.562. The summed E-state index contributed by atoms with van der Waals surface area (Å²) in [6, 6.07) is 5.43. The maximum atomic E-state index is 12.9. The van der Waals surface area contributed by atoms with Gasteiger partial charge in [-0.3, -0.25) is 14.2 Å². The van der Waals surface area contributed by atoms with Crippen molar-refractivity contribution < 1.29 is 51.0 Å². The van der Waals surface area contributed by atoms with Gasteiger partial charge in [0.2, 0.25) is 12.5 Å². The molecular weight excluding hydrogens is 606 g/mol. The van der Waals surface area contributed by atoms with Gasteiger partial charge in [0.05, 0.1) is 27.4 Å². The van der Waals surface area contributed by atoms with Crippen LogP contribution in [0.2, 0.25) is 0 Å². The monoisotopic (exact) mass is 645 g/mol. The van der Waals surface area contributed by atoms with Gasteiger partial charge in [0.15, 0.2) is 28.8 Å². The summed E-state index contributed by atoms with van der Waals surface area (Å²) in [7, 11) is 2.45. The normalized spacial score (nSPS) is 29.0. The number of carbonyl (C=O) groups is 2. The summed E-state index contributed by atoms with van der Waals surface area (Å²) < 4.78 is 65.3. The third kappa shape index (κ3) is 4.49. The molecule has 0 radical (unpaired) electrons. The van der Waals surface area contributed by atoms with Crippen LogP contribution in [0.5, 0.6) is 28.7 Å². The molecule has 0 saturated heterocycles. The lowest BCUT2D eigenvalue weighted by molar-refractivity contribution is -0.128. The van der Waals surface area contributed by atoms with Gasteiger partial charge >= 0.3 is 5.97 Å². The molecule has 2 fully saturated rings. The van der Waals surface area contributed by atoms with Crippen LogP contribution in [0.25, 0.3) is 0 Å². The van der Waals surface area contributed by atoms with Gasteiger partial charge in [-0.2, -0.15) is 8.42 Å². The summed E-state index contributed by atoms with van der Waals surface area (Å²) >= 11 is 0. The molecule has 3 unspecified atom stereocenters. The largest absolute Gasteiger partial charge is 0.493 e. The number of fused-ring (bicyclic) bond motifs is 5. The third-order valence-electron chi connectivity index (χ3n) is 10.9. The summed E-state index contributed by atoms with van der Waals surface area (Å²) in [4.78, 5) is 27.1. The molecule has 13 heteroatoms. The van der Waals surface area contributed by atoms with Crippen molar-refractivity contribution in [3.8, 4) is 28.7 Å². The Bertz CT molecular complexity index is 1690. The first-order chi connectivity index (χ1) is 21.2. The molecule has 5 atom stereocenters. The number of rotatable bonds is 5. The van der Waals surface area contributed by atoms with E-state index in [1.165, 1.54) is 7.11 Å². The highest BCUT2D eigenvalue weighted by Gasteiger charge is 2.69. The van der Waals surface area contributed by atoms with Crippen LogP contribution in [0, 0.1) is 16.7 Å². The second-order valence-corrected chi connectivity index (χ2v) is 14.5. The van der Waals surface area contributed by atoms with Gasteiger partial charge in [-0.05, 0) is 55.3 Å². The zero-order valence-electron chi connectivity index (χ0n) is 26.5. The van der Waals surface area contributed by atoms with Crippen LogP contribution in [0.3, 0.4) is 0 Å². The lowest BCUT2D eigenvalue weighted by Gasteiger charge is -2.38. The Morgan fingerprint density at radius 1 is 1.02 bits per heavy atom. The number of Topliss-reactive ketones (excluding diaryl/α,β-unsaturated/α-hetero) is 1. The summed E-state index contributed by atoms with van der Waals surface area (Å²) in [5.41, 5.74) is 2.31. The Morgan fingerprint density at radius 2 is 1.73 bits per heavy atom. The van der Waals surface area contributed by atoms with Crippen LogP contribution in [0.1, 0.15) is 72.8 Å². The number of cyclic esters (lactones) is 1. The zero-order chi connectivity index (χ0) is 32.6. The number of hydrogen-bond donors (Lipinski definition) is 1. The van der Waals surface area contributed by atoms with Crippen molar-refractivity contribution in [3.05, 3.63) is 40.5 Å². The summed E-state index contributed by atoms with van der Waals surface area (Å²) in [6.07, 6.45) is 1.75. The molecule has 2 aliphatic carbocycles. The van der Waals surface area contributed by atoms with Crippen molar-refractivity contribution in [1.82, 2.24) is 4.90 Å². The van der Waals surface area contributed by atoms with Crippen molar-refractivity contribution in [3.63, 3.8) is 0 Å². The van der Waals surface area contributed by atoms with E-state index < -0.39 is 32.9 Å². The summed E-state index contributed by atoms with van der Waals surface area (Å²) in [5.74, 6) is 1.83. The highest BCUT2D eigenvalue weighted by atomic mass is 32.2. The number of likely N-dealkylation sites (N-methyl/N-ethyl adjacent to an activating group) is 1. The zero-order valence-corrected chi connectivity index (χ0v) is 27.3. The number of nitrogens with zero attached hydrogens (tertiary/aromatic N) is 1. The fourth-order valence-corrected chi connectivity index (χ4v) is 9.48. The van der Waals surface area contributed by atoms with Gasteiger partial charge in [0.25, 0.3) is 10.1 Å². The number of ether oxygens (including phenoxy) is 6. The Morgan fingerprint density at radius 3 is 2.31 bits per heavy atom. The highest BCUT2D eigenvalue weighted by Crippen LogP contribution is 2.64. The van der Waals surface area contributed by atoms with Crippen LogP contribution >= 0.6 is 0 Å². The van der Waals surface area contributed by atoms with E-state index in [1.807, 2.05) is 40.0 Å². The number of carbonyl (C=O) groups excluding carboxylic acids is 2. The quantitative estimate of drug-likeness (QED) is 0.368. The van der Waals surface area contributed by atoms with Gasteiger partial charge < -0.3 is 28.4 Å². The predicted octanol–water partition coefficient (Wildman–Crippen LogP) is 4.15. The van der Waals surface area contributed by atoms with Gasteiger partial charge in [-0.25, -0.2) is 4.79 Å². The van der Waals surface area contributed by atoms with Crippen molar-refractivity contribution in [1.29, 1.82) is 0 Å². The lowest BCUT2D eigenvalue weighted by Crippen LogP contribution is -2.38. The number of methoxy groups -OCH3 is 3. The summed E-state index contributed by atoms with van der Waals surface area (Å²) in [5, 5.41) is -1.19. The Balaban J connectivity index is 0.000000200. The minimum Gasteiger partial charge on any atom is -0.493 e. The Labute approximate surface area is 262 Å². The van der Waals surface area contributed by atoms with Crippen molar-refractivity contribution >= 4 is 21.9 Å². The van der Waals surface area contributed by atoms with Crippen LogP contribution in [0.4, 0.5) is 0 Å². The van der Waals surface area contributed by atoms with Crippen LogP contribution in [-0.4, -0.2) is 76.6 Å². The highest BCUT2D eigenvalue weighted by molar-refractivity contribution is 7.87. The number of ketones is 1. The molecule has 3 heterocycles. The first-order valence-electron chi connectivity index (χ1n) is 14.9. The van der Waals surface area contributed by atoms with Gasteiger partial charge in [0, 0.05) is 23.1 Å². The molecule has 7 rings (SSSR count). The molecule has 1 N–H and O–H groups in total. The molecule has 2 aromatic rings. The molecular formula is C32H39NO11S. The molecule has 244 valence electrons. The second kappa shape index (κ2) is 10.8. The minimum atomic E-state index is -4.24. The van der Waals surface area contributed by atoms with Gasteiger partial charge in [-0.15, -0.1) is 0 Å². The van der Waals surface area contributed by atoms with E-state index in [9.17, 15) is 18.0 Å². The average Bonchev–Trinajstić information content (AvgIpc) is 3.69. The standard InChI is InChI=1S/C22H23NO7.C10H16O4S/c1-23-8-7-11-9-14-20(29-10-28-14)21(27-4)15(11)17(23)18-12-5-6-13(25-2)19(26-3)16(12)22(24)30-18;1-9(2)6-4-5-10(9,3)8(11)7(6)15(12,13)14/h5-6,9,17-18H,7-8,10H2,1-4H3;6-7H,4-5H2,1-3H3,(H,12,13,14)/t17-,18+;/m1./s1. The second-order valence-electron chi connectivity index (χ2n) is 13.0. The SMILES string of the molecule is CC12CCC(C(S(=O)(=O)O)C1=O)C2(C)C.COc1ccc2c(c1OC)C(=O)O[C@@H]2[C@H]1c2c(cc3c(c2OC)OCO3)CCN1C. The van der Waals surface area contributed by atoms with Crippen molar-refractivity contribution in [2.75, 3.05) is 41.7 Å². The summed E-state index contributed by atoms with van der Waals surface area (Å²) in [6.45, 7) is 6.63. The smallest absolute Gasteiger partial charge is 0.343 e. The predicted molar refractivity (Wildman–Crippen MR) is 161 cm³/mol. The third-order valence-corrected chi connectivity index (χ3v) is 12.0. The molecule has 0 amide bonds. The molecule has 0 aromatic heterocycles. The Kier molecular flexibility index (Phi) is 7.52. The maximum Gasteiger partial charge on any atom is 0.343 e. The lowest BCUT2D eigenvalue weighted by atomic mass is 9.70. The van der Waals surface area contributed by atoms with E-state index in [4.69, 9.17) is 33.0 Å². The van der Waals surface area contributed by atoms with Crippen LogP contribution in [0.15, 0.2) is 18.2 Å². The van der Waals surface area contributed by atoms with Crippen LogP contribution < -0.4 is 23.7 Å². The van der Waals surface area contributed by atoms with E-state index in [2.05, 4.69) is 4.90 Å². The molecule has 2 bridgehead atoms. The van der Waals surface area contributed by atoms with Gasteiger partial charge in [0.1, 0.15) is 16.9 Å². The molecule has 0 spiro atoms.